The van der Waals surface area contributed by atoms with E-state index in [2.05, 4.69) is 74.4 Å². The van der Waals surface area contributed by atoms with E-state index >= 15 is 0 Å². The fraction of sp³-hybridized carbons (Fsp3) is 0.348. The lowest BCUT2D eigenvalue weighted by molar-refractivity contribution is 0.732. The van der Waals surface area contributed by atoms with Crippen LogP contribution in [-0.2, 0) is 13.0 Å². The first-order chi connectivity index (χ1) is 12.5. The van der Waals surface area contributed by atoms with Crippen LogP contribution in [0.1, 0.15) is 43.2 Å². The number of benzene rings is 1. The number of hydrogen-bond acceptors (Lipinski definition) is 2. The van der Waals surface area contributed by atoms with Crippen LogP contribution in [0.2, 0.25) is 0 Å². The number of anilines is 1. The Morgan fingerprint density at radius 3 is 2.46 bits per heavy atom. The van der Waals surface area contributed by atoms with Gasteiger partial charge in [-0.3, -0.25) is 4.98 Å². The highest BCUT2D eigenvalue weighted by atomic mass is 15.2. The molecule has 0 fully saturated rings. The highest BCUT2D eigenvalue weighted by Gasteiger charge is 2.22. The molecule has 0 atom stereocenters. The molecule has 4 rings (SSSR count). The van der Waals surface area contributed by atoms with Crippen molar-refractivity contribution in [1.82, 2.24) is 9.55 Å². The first-order valence-electron chi connectivity index (χ1n) is 9.42. The minimum atomic E-state index is 0.965. The van der Waals surface area contributed by atoms with Gasteiger partial charge in [0.2, 0.25) is 0 Å². The van der Waals surface area contributed by atoms with Gasteiger partial charge in [0.15, 0.2) is 0 Å². The molecule has 0 saturated heterocycles. The number of fused-ring (bicyclic) bond motifs is 2. The molecular weight excluding hydrogens is 318 g/mol. The van der Waals surface area contributed by atoms with Gasteiger partial charge in [-0.25, -0.2) is 0 Å². The SMILES string of the molecule is CC(C)=C(C)n1c(C)c(C)c2nccc(N3CCc4ccccc4C3)c21. The Balaban J connectivity index is 1.92. The van der Waals surface area contributed by atoms with Crippen LogP contribution < -0.4 is 4.90 Å². The topological polar surface area (TPSA) is 21.1 Å². The Morgan fingerprint density at radius 1 is 1.00 bits per heavy atom. The van der Waals surface area contributed by atoms with Gasteiger partial charge >= 0.3 is 0 Å². The highest BCUT2D eigenvalue weighted by molar-refractivity contribution is 5.95. The van der Waals surface area contributed by atoms with Gasteiger partial charge < -0.3 is 9.47 Å². The van der Waals surface area contributed by atoms with Gasteiger partial charge in [0.25, 0.3) is 0 Å². The first-order valence-corrected chi connectivity index (χ1v) is 9.42. The quantitative estimate of drug-likeness (QED) is 0.612. The molecule has 0 unspecified atom stereocenters. The standard InChI is InChI=1S/C23H27N3/c1-15(2)17(4)26-18(5)16(3)22-23(26)21(10-12-24-22)25-13-11-19-8-6-7-9-20(19)14-25/h6-10,12H,11,13-14H2,1-5H3. The van der Waals surface area contributed by atoms with Crippen molar-refractivity contribution in [3.05, 3.63) is 64.5 Å². The average molecular weight is 345 g/mol. The molecular formula is C23H27N3. The van der Waals surface area contributed by atoms with E-state index < -0.39 is 0 Å². The van der Waals surface area contributed by atoms with Crippen molar-refractivity contribution >= 4 is 22.4 Å². The van der Waals surface area contributed by atoms with Crippen LogP contribution >= 0.6 is 0 Å². The Kier molecular flexibility index (Phi) is 4.10. The molecule has 1 aromatic carbocycles. The van der Waals surface area contributed by atoms with E-state index in [1.165, 1.54) is 44.9 Å². The van der Waals surface area contributed by atoms with Crippen molar-refractivity contribution in [3.63, 3.8) is 0 Å². The van der Waals surface area contributed by atoms with Crippen molar-refractivity contribution in [2.75, 3.05) is 11.4 Å². The Morgan fingerprint density at radius 2 is 1.73 bits per heavy atom. The number of allylic oxidation sites excluding steroid dienone is 2. The Labute approximate surface area is 156 Å². The molecule has 3 heterocycles. The molecule has 1 aliphatic heterocycles. The van der Waals surface area contributed by atoms with Crippen LogP contribution in [0.5, 0.6) is 0 Å². The molecule has 0 N–H and O–H groups in total. The molecule has 0 aliphatic carbocycles. The molecule has 0 spiro atoms. The second-order valence-electron chi connectivity index (χ2n) is 7.60. The summed E-state index contributed by atoms with van der Waals surface area (Å²) in [5.41, 5.74) is 11.8. The van der Waals surface area contributed by atoms with Crippen molar-refractivity contribution in [2.45, 2.75) is 47.6 Å². The van der Waals surface area contributed by atoms with E-state index in [1.54, 1.807) is 0 Å². The normalized spacial score (nSPS) is 13.8. The number of rotatable bonds is 2. The lowest BCUT2D eigenvalue weighted by Gasteiger charge is -2.31. The number of pyridine rings is 1. The molecule has 2 aromatic heterocycles. The summed E-state index contributed by atoms with van der Waals surface area (Å²) >= 11 is 0. The summed E-state index contributed by atoms with van der Waals surface area (Å²) in [5.74, 6) is 0. The molecule has 0 bridgehead atoms. The minimum absolute atomic E-state index is 0.965. The molecule has 134 valence electrons. The lowest BCUT2D eigenvalue weighted by atomic mass is 9.99. The van der Waals surface area contributed by atoms with E-state index in [9.17, 15) is 0 Å². The van der Waals surface area contributed by atoms with E-state index in [-0.39, 0.29) is 0 Å². The zero-order chi connectivity index (χ0) is 18.4. The Bertz CT molecular complexity index is 1020. The third kappa shape index (κ3) is 2.54. The van der Waals surface area contributed by atoms with Gasteiger partial charge in [-0.1, -0.05) is 29.8 Å². The average Bonchev–Trinajstić information content (AvgIpc) is 2.91. The fourth-order valence-corrected chi connectivity index (χ4v) is 4.04. The molecule has 3 nitrogen and oxygen atoms in total. The highest BCUT2D eigenvalue weighted by Crippen LogP contribution is 2.36. The van der Waals surface area contributed by atoms with Gasteiger partial charge in [-0.15, -0.1) is 0 Å². The van der Waals surface area contributed by atoms with Crippen LogP contribution in [0.15, 0.2) is 42.1 Å². The van der Waals surface area contributed by atoms with Crippen LogP contribution in [0.4, 0.5) is 5.69 Å². The third-order valence-corrected chi connectivity index (χ3v) is 5.89. The largest absolute Gasteiger partial charge is 0.365 e. The summed E-state index contributed by atoms with van der Waals surface area (Å²) in [5, 5.41) is 0. The van der Waals surface area contributed by atoms with E-state index in [4.69, 9.17) is 4.98 Å². The number of nitrogens with zero attached hydrogens (tertiary/aromatic N) is 3. The number of hydrogen-bond donors (Lipinski definition) is 0. The lowest BCUT2D eigenvalue weighted by Crippen LogP contribution is -2.30. The molecule has 0 amide bonds. The summed E-state index contributed by atoms with van der Waals surface area (Å²) in [6, 6.07) is 11.0. The van der Waals surface area contributed by atoms with Gasteiger partial charge in [0.05, 0.1) is 16.7 Å². The second kappa shape index (κ2) is 6.31. The van der Waals surface area contributed by atoms with Crippen molar-refractivity contribution in [2.24, 2.45) is 0 Å². The number of aromatic nitrogens is 2. The maximum absolute atomic E-state index is 4.73. The minimum Gasteiger partial charge on any atom is -0.365 e. The van der Waals surface area contributed by atoms with E-state index in [0.29, 0.717) is 0 Å². The molecule has 26 heavy (non-hydrogen) atoms. The molecule has 1 aliphatic rings. The summed E-state index contributed by atoms with van der Waals surface area (Å²) in [6.45, 7) is 13.0. The first kappa shape index (κ1) is 16.9. The summed E-state index contributed by atoms with van der Waals surface area (Å²) < 4.78 is 2.41. The van der Waals surface area contributed by atoms with Crippen LogP contribution in [0, 0.1) is 13.8 Å². The van der Waals surface area contributed by atoms with Crippen LogP contribution in [-0.4, -0.2) is 16.1 Å². The molecule has 3 heteroatoms. The van der Waals surface area contributed by atoms with Crippen molar-refractivity contribution in [3.8, 4) is 0 Å². The van der Waals surface area contributed by atoms with Gasteiger partial charge in [0, 0.05) is 30.7 Å². The van der Waals surface area contributed by atoms with Gasteiger partial charge in [-0.2, -0.15) is 0 Å². The van der Waals surface area contributed by atoms with Crippen LogP contribution in [0.3, 0.4) is 0 Å². The summed E-state index contributed by atoms with van der Waals surface area (Å²) in [4.78, 5) is 7.25. The van der Waals surface area contributed by atoms with Gasteiger partial charge in [0.1, 0.15) is 0 Å². The Hall–Kier alpha value is -2.55. The molecule has 0 radical (unpaired) electrons. The zero-order valence-corrected chi connectivity index (χ0v) is 16.4. The fourth-order valence-electron chi connectivity index (χ4n) is 4.04. The molecule has 3 aromatic rings. The predicted octanol–water partition coefficient (Wildman–Crippen LogP) is 5.49. The zero-order valence-electron chi connectivity index (χ0n) is 16.4. The van der Waals surface area contributed by atoms with Crippen molar-refractivity contribution < 1.29 is 0 Å². The maximum atomic E-state index is 4.73. The van der Waals surface area contributed by atoms with Crippen molar-refractivity contribution in [1.29, 1.82) is 0 Å². The maximum Gasteiger partial charge on any atom is 0.0954 e. The van der Waals surface area contributed by atoms with E-state index in [1.807, 2.05) is 6.20 Å². The summed E-state index contributed by atoms with van der Waals surface area (Å²) in [7, 11) is 0. The predicted molar refractivity (Wildman–Crippen MR) is 111 cm³/mol. The van der Waals surface area contributed by atoms with Crippen LogP contribution in [0.25, 0.3) is 16.7 Å². The van der Waals surface area contributed by atoms with E-state index in [0.717, 1.165) is 25.0 Å². The van der Waals surface area contributed by atoms with Gasteiger partial charge in [-0.05, 0) is 63.8 Å². The number of aryl methyl sites for hydroxylation is 1. The monoisotopic (exact) mass is 345 g/mol. The summed E-state index contributed by atoms with van der Waals surface area (Å²) in [6.07, 6.45) is 3.06. The smallest absolute Gasteiger partial charge is 0.0954 e. The molecule has 0 saturated carbocycles. The third-order valence-electron chi connectivity index (χ3n) is 5.89. The second-order valence-corrected chi connectivity index (χ2v) is 7.60.